The lowest BCUT2D eigenvalue weighted by atomic mass is 9.87. The molecular weight excluding hydrogens is 272 g/mol. The van der Waals surface area contributed by atoms with Crippen LogP contribution in [-0.2, 0) is 11.3 Å². The van der Waals surface area contributed by atoms with Crippen LogP contribution in [0.3, 0.4) is 0 Å². The van der Waals surface area contributed by atoms with E-state index in [4.69, 9.17) is 10.8 Å². The predicted molar refractivity (Wildman–Crippen MR) is 78.9 cm³/mol. The third kappa shape index (κ3) is 6.40. The number of imidazole rings is 1. The van der Waals surface area contributed by atoms with Gasteiger partial charge in [0.15, 0.2) is 0 Å². The van der Waals surface area contributed by atoms with Gasteiger partial charge in [0.1, 0.15) is 5.69 Å². The van der Waals surface area contributed by atoms with E-state index < -0.39 is 12.0 Å². The van der Waals surface area contributed by atoms with E-state index in [2.05, 4.69) is 10.3 Å². The van der Waals surface area contributed by atoms with E-state index >= 15 is 0 Å². The van der Waals surface area contributed by atoms with Crippen LogP contribution in [0.15, 0.2) is 12.5 Å². The summed E-state index contributed by atoms with van der Waals surface area (Å²) >= 11 is 0. The van der Waals surface area contributed by atoms with Gasteiger partial charge in [-0.25, -0.2) is 4.98 Å². The zero-order valence-electron chi connectivity index (χ0n) is 12.8. The number of carboxylic acid groups (broad SMARTS) is 1. The third-order valence-corrected chi connectivity index (χ3v) is 2.87. The van der Waals surface area contributed by atoms with Crippen molar-refractivity contribution in [3.05, 3.63) is 18.2 Å². The topological polar surface area (TPSA) is 110 Å². The number of nitrogens with one attached hydrogen (secondary N) is 1. The lowest BCUT2D eigenvalue weighted by Crippen LogP contribution is -2.39. The molecule has 4 N–H and O–H groups in total. The summed E-state index contributed by atoms with van der Waals surface area (Å²) in [7, 11) is 0. The molecule has 0 aliphatic rings. The van der Waals surface area contributed by atoms with Crippen molar-refractivity contribution in [3.63, 3.8) is 0 Å². The second-order valence-electron chi connectivity index (χ2n) is 6.32. The van der Waals surface area contributed by atoms with Crippen LogP contribution in [0.1, 0.15) is 44.1 Å². The zero-order chi connectivity index (χ0) is 16.0. The molecule has 0 aromatic carbocycles. The van der Waals surface area contributed by atoms with Crippen LogP contribution in [-0.4, -0.2) is 39.1 Å². The highest BCUT2D eigenvalue weighted by atomic mass is 16.4. The van der Waals surface area contributed by atoms with Crippen molar-refractivity contribution in [3.8, 4) is 0 Å². The Balaban J connectivity index is 2.71. The van der Waals surface area contributed by atoms with Crippen LogP contribution in [0.25, 0.3) is 0 Å². The second-order valence-corrected chi connectivity index (χ2v) is 6.32. The van der Waals surface area contributed by atoms with Gasteiger partial charge in [-0.1, -0.05) is 20.8 Å². The summed E-state index contributed by atoms with van der Waals surface area (Å²) in [6.45, 7) is 7.06. The molecule has 0 fully saturated rings. The summed E-state index contributed by atoms with van der Waals surface area (Å²) in [5, 5.41) is 11.7. The Labute approximate surface area is 124 Å². The zero-order valence-corrected chi connectivity index (χ0v) is 12.8. The van der Waals surface area contributed by atoms with Crippen molar-refractivity contribution in [2.75, 3.05) is 6.54 Å². The van der Waals surface area contributed by atoms with Gasteiger partial charge in [-0.15, -0.1) is 0 Å². The first kappa shape index (κ1) is 17.2. The predicted octanol–water partition coefficient (Wildman–Crippen LogP) is 0.851. The average Bonchev–Trinajstić information content (AvgIpc) is 2.74. The number of aromatic nitrogens is 2. The molecule has 0 saturated carbocycles. The molecule has 7 nitrogen and oxygen atoms in total. The van der Waals surface area contributed by atoms with Crippen molar-refractivity contribution in [2.24, 2.45) is 11.1 Å². The van der Waals surface area contributed by atoms with Gasteiger partial charge < -0.3 is 20.7 Å². The number of carboxylic acids is 1. The maximum atomic E-state index is 12.1. The molecule has 1 amide bonds. The summed E-state index contributed by atoms with van der Waals surface area (Å²) < 4.78 is 1.73. The molecule has 1 aromatic heterocycles. The molecule has 1 heterocycles. The van der Waals surface area contributed by atoms with Crippen LogP contribution in [0.5, 0.6) is 0 Å². The molecule has 0 saturated heterocycles. The monoisotopic (exact) mass is 296 g/mol. The first-order valence-corrected chi connectivity index (χ1v) is 6.96. The van der Waals surface area contributed by atoms with E-state index in [1.54, 1.807) is 10.8 Å². The quantitative estimate of drug-likeness (QED) is 0.691. The smallest absolute Gasteiger partial charge is 0.305 e. The van der Waals surface area contributed by atoms with Gasteiger partial charge in [0.2, 0.25) is 0 Å². The largest absolute Gasteiger partial charge is 0.481 e. The van der Waals surface area contributed by atoms with Crippen LogP contribution >= 0.6 is 0 Å². The molecule has 1 rings (SSSR count). The van der Waals surface area contributed by atoms with Crippen molar-refractivity contribution in [1.82, 2.24) is 14.9 Å². The first-order chi connectivity index (χ1) is 9.71. The van der Waals surface area contributed by atoms with Gasteiger partial charge in [0.25, 0.3) is 5.91 Å². The van der Waals surface area contributed by atoms with Crippen LogP contribution in [0.4, 0.5) is 0 Å². The van der Waals surface area contributed by atoms with Crippen LogP contribution in [0, 0.1) is 5.41 Å². The van der Waals surface area contributed by atoms with Gasteiger partial charge in [0, 0.05) is 25.3 Å². The summed E-state index contributed by atoms with van der Waals surface area (Å²) in [4.78, 5) is 27.1. The summed E-state index contributed by atoms with van der Waals surface area (Å²) in [5.41, 5.74) is 5.63. The normalized spacial score (nSPS) is 13.0. The maximum absolute atomic E-state index is 12.1. The summed E-state index contributed by atoms with van der Waals surface area (Å²) in [6.07, 6.45) is 3.62. The number of hydrogen-bond donors (Lipinski definition) is 3. The summed E-state index contributed by atoms with van der Waals surface area (Å²) in [5.74, 6) is -1.29. The highest BCUT2D eigenvalue weighted by molar-refractivity contribution is 5.92. The SMILES string of the molecule is CC(C)(C)CC(CC(=O)O)NC(=O)c1cn(CCN)cn1. The van der Waals surface area contributed by atoms with E-state index in [1.165, 1.54) is 6.33 Å². The highest BCUT2D eigenvalue weighted by Crippen LogP contribution is 2.22. The van der Waals surface area contributed by atoms with E-state index in [-0.39, 0.29) is 23.4 Å². The number of rotatable bonds is 7. The highest BCUT2D eigenvalue weighted by Gasteiger charge is 2.23. The van der Waals surface area contributed by atoms with Gasteiger partial charge in [-0.2, -0.15) is 0 Å². The molecule has 0 aliphatic carbocycles. The molecule has 21 heavy (non-hydrogen) atoms. The maximum Gasteiger partial charge on any atom is 0.305 e. The molecule has 7 heteroatoms. The molecule has 0 spiro atoms. The Kier molecular flexibility index (Phi) is 5.90. The van der Waals surface area contributed by atoms with E-state index in [1.807, 2.05) is 20.8 Å². The fraction of sp³-hybridized carbons (Fsp3) is 0.643. The molecule has 0 aliphatic heterocycles. The first-order valence-electron chi connectivity index (χ1n) is 6.96. The van der Waals surface area contributed by atoms with Gasteiger partial charge in [-0.05, 0) is 11.8 Å². The lowest BCUT2D eigenvalue weighted by Gasteiger charge is -2.25. The fourth-order valence-corrected chi connectivity index (χ4v) is 2.13. The van der Waals surface area contributed by atoms with E-state index in [0.717, 1.165) is 0 Å². The van der Waals surface area contributed by atoms with E-state index in [9.17, 15) is 9.59 Å². The minimum atomic E-state index is -0.932. The number of nitrogens with two attached hydrogens (primary N) is 1. The Bertz CT molecular complexity index is 491. The minimum absolute atomic E-state index is 0.0771. The number of carbonyl (C=O) groups excluding carboxylic acids is 1. The Morgan fingerprint density at radius 3 is 2.67 bits per heavy atom. The number of amides is 1. The van der Waals surface area contributed by atoms with Crippen molar-refractivity contribution >= 4 is 11.9 Å². The Hall–Kier alpha value is -1.89. The number of hydrogen-bond acceptors (Lipinski definition) is 4. The fourth-order valence-electron chi connectivity index (χ4n) is 2.13. The molecule has 118 valence electrons. The number of nitrogens with zero attached hydrogens (tertiary/aromatic N) is 2. The Morgan fingerprint density at radius 2 is 2.14 bits per heavy atom. The van der Waals surface area contributed by atoms with Crippen molar-refractivity contribution in [1.29, 1.82) is 0 Å². The second kappa shape index (κ2) is 7.21. The van der Waals surface area contributed by atoms with Gasteiger partial charge in [-0.3, -0.25) is 9.59 Å². The molecule has 1 aromatic rings. The Morgan fingerprint density at radius 1 is 1.48 bits per heavy atom. The molecule has 0 bridgehead atoms. The minimum Gasteiger partial charge on any atom is -0.481 e. The van der Waals surface area contributed by atoms with E-state index in [0.29, 0.717) is 19.5 Å². The lowest BCUT2D eigenvalue weighted by molar-refractivity contribution is -0.137. The van der Waals surface area contributed by atoms with Gasteiger partial charge in [0.05, 0.1) is 12.7 Å². The van der Waals surface area contributed by atoms with Crippen LogP contribution < -0.4 is 11.1 Å². The molecule has 0 radical (unpaired) electrons. The van der Waals surface area contributed by atoms with Gasteiger partial charge >= 0.3 is 5.97 Å². The average molecular weight is 296 g/mol. The molecule has 1 atom stereocenters. The van der Waals surface area contributed by atoms with Crippen molar-refractivity contribution < 1.29 is 14.7 Å². The third-order valence-electron chi connectivity index (χ3n) is 2.87. The number of carbonyl (C=O) groups is 2. The standard InChI is InChI=1S/C14H24N4O3/c1-14(2,3)7-10(6-12(19)20)17-13(21)11-8-18(5-4-15)9-16-11/h8-10H,4-7,15H2,1-3H3,(H,17,21)(H,19,20). The van der Waals surface area contributed by atoms with Crippen molar-refractivity contribution in [2.45, 2.75) is 46.2 Å². The summed E-state index contributed by atoms with van der Waals surface area (Å²) in [6, 6.07) is -0.422. The molecular formula is C14H24N4O3. The molecule has 1 unspecified atom stereocenters. The van der Waals surface area contributed by atoms with Crippen LogP contribution in [0.2, 0.25) is 0 Å². The number of aliphatic carboxylic acids is 1.